The Morgan fingerprint density at radius 2 is 2.42 bits per heavy atom. The molecular formula is C7H11NO4. The van der Waals surface area contributed by atoms with Gasteiger partial charge in [0.05, 0.1) is 6.61 Å². The number of carboxylic acid groups (broad SMARTS) is 1. The summed E-state index contributed by atoms with van der Waals surface area (Å²) in [6, 6.07) is 0. The van der Waals surface area contributed by atoms with E-state index >= 15 is 0 Å². The van der Waals surface area contributed by atoms with Gasteiger partial charge >= 0.3 is 5.97 Å². The minimum absolute atomic E-state index is 0.0566. The topological polar surface area (TPSA) is 75.6 Å². The molecular weight excluding hydrogens is 162 g/mol. The Kier molecular flexibility index (Phi) is 2.65. The highest BCUT2D eigenvalue weighted by molar-refractivity contribution is 5.81. The molecule has 1 saturated heterocycles. The minimum Gasteiger partial charge on any atom is -0.479 e. The van der Waals surface area contributed by atoms with Gasteiger partial charge in [0, 0.05) is 6.61 Å². The summed E-state index contributed by atoms with van der Waals surface area (Å²) in [5.41, 5.74) is -1.19. The van der Waals surface area contributed by atoms with Gasteiger partial charge in [0.15, 0.2) is 5.54 Å². The first-order chi connectivity index (χ1) is 5.71. The van der Waals surface area contributed by atoms with E-state index in [0.717, 1.165) is 0 Å². The molecule has 1 heterocycles. The number of ether oxygens (including phenoxy) is 1. The normalized spacial score (nSPS) is 29.3. The van der Waals surface area contributed by atoms with Crippen LogP contribution < -0.4 is 5.32 Å². The number of aliphatic carboxylic acids is 1. The quantitative estimate of drug-likeness (QED) is 0.557. The van der Waals surface area contributed by atoms with E-state index in [9.17, 15) is 9.59 Å². The van der Waals surface area contributed by atoms with Gasteiger partial charge in [-0.1, -0.05) is 0 Å². The first-order valence-corrected chi connectivity index (χ1v) is 3.74. The lowest BCUT2D eigenvalue weighted by atomic mass is 9.93. The predicted octanol–water partition coefficient (Wildman–Crippen LogP) is -0.634. The second-order valence-corrected chi connectivity index (χ2v) is 2.81. The fourth-order valence-corrected chi connectivity index (χ4v) is 1.25. The maximum absolute atomic E-state index is 10.8. The molecule has 1 aliphatic rings. The lowest BCUT2D eigenvalue weighted by molar-refractivity contribution is -0.152. The molecule has 12 heavy (non-hydrogen) atoms. The molecule has 2 N–H and O–H groups in total. The largest absolute Gasteiger partial charge is 0.479 e. The van der Waals surface area contributed by atoms with Crippen LogP contribution >= 0.6 is 0 Å². The smallest absolute Gasteiger partial charge is 0.331 e. The van der Waals surface area contributed by atoms with Gasteiger partial charge in [-0.15, -0.1) is 0 Å². The van der Waals surface area contributed by atoms with Crippen LogP contribution in [0.25, 0.3) is 0 Å². The van der Waals surface area contributed by atoms with E-state index in [4.69, 9.17) is 9.84 Å². The maximum atomic E-state index is 10.8. The number of carbonyl (C=O) groups excluding carboxylic acids is 1. The van der Waals surface area contributed by atoms with Crippen LogP contribution in [-0.2, 0) is 14.3 Å². The second kappa shape index (κ2) is 3.53. The zero-order chi connectivity index (χ0) is 9.03. The molecule has 0 aromatic carbocycles. The van der Waals surface area contributed by atoms with E-state index < -0.39 is 11.5 Å². The van der Waals surface area contributed by atoms with Crippen molar-refractivity contribution in [2.75, 3.05) is 13.2 Å². The van der Waals surface area contributed by atoms with Crippen LogP contribution in [-0.4, -0.2) is 36.2 Å². The predicted molar refractivity (Wildman–Crippen MR) is 39.6 cm³/mol. The molecule has 0 saturated carbocycles. The summed E-state index contributed by atoms with van der Waals surface area (Å²) in [5.74, 6) is -1.03. The summed E-state index contributed by atoms with van der Waals surface area (Å²) in [6.45, 7) is 0.622. The summed E-state index contributed by atoms with van der Waals surface area (Å²) >= 11 is 0. The molecule has 1 rings (SSSR count). The Morgan fingerprint density at radius 3 is 2.83 bits per heavy atom. The Hall–Kier alpha value is -1.10. The number of hydrogen-bond acceptors (Lipinski definition) is 3. The number of rotatable bonds is 3. The van der Waals surface area contributed by atoms with E-state index in [1.807, 2.05) is 0 Å². The zero-order valence-electron chi connectivity index (χ0n) is 6.58. The van der Waals surface area contributed by atoms with Crippen molar-refractivity contribution in [1.29, 1.82) is 0 Å². The number of amides is 1. The third-order valence-electron chi connectivity index (χ3n) is 1.99. The van der Waals surface area contributed by atoms with Gasteiger partial charge in [-0.2, -0.15) is 0 Å². The monoisotopic (exact) mass is 173 g/mol. The summed E-state index contributed by atoms with van der Waals surface area (Å²) in [4.78, 5) is 20.9. The van der Waals surface area contributed by atoms with E-state index in [1.165, 1.54) is 0 Å². The molecule has 1 fully saturated rings. The number of carbonyl (C=O) groups is 2. The standard InChI is InChI=1S/C7H11NO4/c9-5-8-7(6(10)11)2-1-3-12-4-7/h5H,1-4H2,(H,8,9)(H,10,11). The first-order valence-electron chi connectivity index (χ1n) is 3.74. The molecule has 1 amide bonds. The average Bonchev–Trinajstić information content (AvgIpc) is 2.06. The molecule has 1 atom stereocenters. The summed E-state index contributed by atoms with van der Waals surface area (Å²) in [6.07, 6.45) is 1.50. The van der Waals surface area contributed by atoms with Crippen molar-refractivity contribution in [2.24, 2.45) is 0 Å². The second-order valence-electron chi connectivity index (χ2n) is 2.81. The Morgan fingerprint density at radius 1 is 1.67 bits per heavy atom. The molecule has 1 unspecified atom stereocenters. The van der Waals surface area contributed by atoms with Crippen molar-refractivity contribution < 1.29 is 19.4 Å². The third kappa shape index (κ3) is 1.55. The van der Waals surface area contributed by atoms with Gasteiger partial charge in [0.2, 0.25) is 6.41 Å². The van der Waals surface area contributed by atoms with Gasteiger partial charge < -0.3 is 15.2 Å². The van der Waals surface area contributed by atoms with Gasteiger partial charge in [-0.25, -0.2) is 4.79 Å². The van der Waals surface area contributed by atoms with E-state index in [1.54, 1.807) is 0 Å². The molecule has 68 valence electrons. The Labute approximate surface area is 69.7 Å². The summed E-state index contributed by atoms with van der Waals surface area (Å²) in [5, 5.41) is 11.1. The fourth-order valence-electron chi connectivity index (χ4n) is 1.25. The highest BCUT2D eigenvalue weighted by atomic mass is 16.5. The van der Waals surface area contributed by atoms with Crippen LogP contribution in [0.3, 0.4) is 0 Å². The van der Waals surface area contributed by atoms with Gasteiger partial charge in [0.25, 0.3) is 0 Å². The number of nitrogens with one attached hydrogen (secondary N) is 1. The van der Waals surface area contributed by atoms with Gasteiger partial charge in [-0.3, -0.25) is 4.79 Å². The van der Waals surface area contributed by atoms with Crippen molar-refractivity contribution in [2.45, 2.75) is 18.4 Å². The first kappa shape index (κ1) is 8.99. The molecule has 0 bridgehead atoms. The van der Waals surface area contributed by atoms with Crippen LogP contribution in [0.4, 0.5) is 0 Å². The SMILES string of the molecule is O=CNC1(C(=O)O)CCCOC1. The van der Waals surface area contributed by atoms with Crippen LogP contribution in [0.15, 0.2) is 0 Å². The molecule has 0 aliphatic carbocycles. The summed E-state index contributed by atoms with van der Waals surface area (Å²) in [7, 11) is 0. The zero-order valence-corrected chi connectivity index (χ0v) is 6.58. The van der Waals surface area contributed by atoms with Crippen molar-refractivity contribution in [3.8, 4) is 0 Å². The van der Waals surface area contributed by atoms with Crippen LogP contribution in [0.1, 0.15) is 12.8 Å². The minimum atomic E-state index is -1.19. The molecule has 0 aromatic heterocycles. The summed E-state index contributed by atoms with van der Waals surface area (Å²) < 4.78 is 5.00. The van der Waals surface area contributed by atoms with E-state index in [2.05, 4.69) is 5.32 Å². The fraction of sp³-hybridized carbons (Fsp3) is 0.714. The highest BCUT2D eigenvalue weighted by Crippen LogP contribution is 2.18. The van der Waals surface area contributed by atoms with Gasteiger partial charge in [0.1, 0.15) is 0 Å². The molecule has 0 aromatic rings. The molecule has 1 aliphatic heterocycles. The third-order valence-corrected chi connectivity index (χ3v) is 1.99. The molecule has 0 radical (unpaired) electrons. The highest BCUT2D eigenvalue weighted by Gasteiger charge is 2.40. The van der Waals surface area contributed by atoms with E-state index in [0.29, 0.717) is 25.9 Å². The number of carboxylic acids is 1. The lowest BCUT2D eigenvalue weighted by Crippen LogP contribution is -2.57. The van der Waals surface area contributed by atoms with Crippen LogP contribution in [0, 0.1) is 0 Å². The van der Waals surface area contributed by atoms with Crippen molar-refractivity contribution in [3.63, 3.8) is 0 Å². The van der Waals surface area contributed by atoms with Crippen LogP contribution in [0.5, 0.6) is 0 Å². The van der Waals surface area contributed by atoms with Crippen molar-refractivity contribution in [1.82, 2.24) is 5.32 Å². The Bertz CT molecular complexity index is 186. The molecule has 5 nitrogen and oxygen atoms in total. The van der Waals surface area contributed by atoms with Crippen molar-refractivity contribution in [3.05, 3.63) is 0 Å². The molecule has 5 heteroatoms. The Balaban J connectivity index is 2.69. The van der Waals surface area contributed by atoms with Crippen molar-refractivity contribution >= 4 is 12.4 Å². The maximum Gasteiger partial charge on any atom is 0.331 e. The molecule has 0 spiro atoms. The number of hydrogen-bond donors (Lipinski definition) is 2. The van der Waals surface area contributed by atoms with E-state index in [-0.39, 0.29) is 6.61 Å². The van der Waals surface area contributed by atoms with Crippen LogP contribution in [0.2, 0.25) is 0 Å². The lowest BCUT2D eigenvalue weighted by Gasteiger charge is -2.32. The van der Waals surface area contributed by atoms with Gasteiger partial charge in [-0.05, 0) is 12.8 Å². The average molecular weight is 173 g/mol.